The van der Waals surface area contributed by atoms with Crippen LogP contribution in [0.2, 0.25) is 0 Å². The van der Waals surface area contributed by atoms with Gasteiger partial charge < -0.3 is 0 Å². The molecule has 0 amide bonds. The zero-order valence-corrected chi connectivity index (χ0v) is 6.56. The van der Waals surface area contributed by atoms with E-state index in [1.54, 1.807) is 4.90 Å². The zero-order valence-electron chi connectivity index (χ0n) is 5.66. The van der Waals surface area contributed by atoms with E-state index in [-0.39, 0.29) is 0 Å². The van der Waals surface area contributed by atoms with Gasteiger partial charge in [-0.25, -0.2) is 5.09 Å². The molecule has 0 aliphatic heterocycles. The molecule has 0 aromatic rings. The second-order valence-corrected chi connectivity index (χ2v) is 3.84. The Bertz CT molecular complexity index is 119. The smallest absolute Gasteiger partial charge is 0.274 e. The van der Waals surface area contributed by atoms with Crippen molar-refractivity contribution < 1.29 is 4.57 Å². The standard InChI is InChI=1S/C3H13N4OP/c1-7(2)3-6-9(4,5)8/h3H2,1-2H3,(H5,4,5,6,8). The summed E-state index contributed by atoms with van der Waals surface area (Å²) in [6.07, 6.45) is 0. The van der Waals surface area contributed by atoms with Crippen molar-refractivity contribution in [2.75, 3.05) is 20.8 Å². The molecule has 0 saturated carbocycles. The maximum Gasteiger partial charge on any atom is 0.274 e. The van der Waals surface area contributed by atoms with Gasteiger partial charge in [0.15, 0.2) is 0 Å². The van der Waals surface area contributed by atoms with Crippen LogP contribution in [-0.2, 0) is 4.57 Å². The minimum absolute atomic E-state index is 0.435. The SMILES string of the molecule is CN(C)CNP(N)(N)=O. The lowest BCUT2D eigenvalue weighted by molar-refractivity contribution is 0.399. The fourth-order valence-corrected chi connectivity index (χ4v) is 0.756. The molecule has 0 rings (SSSR count). The monoisotopic (exact) mass is 152 g/mol. The van der Waals surface area contributed by atoms with Crippen LogP contribution in [0.25, 0.3) is 0 Å². The lowest BCUT2D eigenvalue weighted by Crippen LogP contribution is -2.31. The van der Waals surface area contributed by atoms with Crippen LogP contribution < -0.4 is 16.1 Å². The van der Waals surface area contributed by atoms with Crippen LogP contribution in [0, 0.1) is 0 Å². The first-order valence-electron chi connectivity index (χ1n) is 2.49. The van der Waals surface area contributed by atoms with Crippen LogP contribution in [0.5, 0.6) is 0 Å². The molecule has 0 fully saturated rings. The van der Waals surface area contributed by atoms with Gasteiger partial charge in [0.25, 0.3) is 7.59 Å². The van der Waals surface area contributed by atoms with Gasteiger partial charge in [-0.15, -0.1) is 0 Å². The largest absolute Gasteiger partial charge is 0.296 e. The fraction of sp³-hybridized carbons (Fsp3) is 1.00. The number of hydrogen-bond acceptors (Lipinski definition) is 2. The Morgan fingerprint density at radius 1 is 1.56 bits per heavy atom. The van der Waals surface area contributed by atoms with Crippen LogP contribution >= 0.6 is 7.59 Å². The Morgan fingerprint density at radius 2 is 2.00 bits per heavy atom. The van der Waals surface area contributed by atoms with Crippen molar-refractivity contribution >= 4 is 7.59 Å². The van der Waals surface area contributed by atoms with Crippen LogP contribution in [0.15, 0.2) is 0 Å². The quantitative estimate of drug-likeness (QED) is 0.361. The van der Waals surface area contributed by atoms with Crippen molar-refractivity contribution in [2.24, 2.45) is 11.0 Å². The number of nitrogens with one attached hydrogen (secondary N) is 1. The van der Waals surface area contributed by atoms with Crippen molar-refractivity contribution in [3.05, 3.63) is 0 Å². The Balaban J connectivity index is 3.40. The van der Waals surface area contributed by atoms with E-state index < -0.39 is 7.59 Å². The average Bonchev–Trinajstić information content (AvgIpc) is 1.59. The van der Waals surface area contributed by atoms with E-state index in [4.69, 9.17) is 11.0 Å². The van der Waals surface area contributed by atoms with E-state index in [0.717, 1.165) is 0 Å². The third-order valence-electron chi connectivity index (χ3n) is 0.634. The number of nitrogens with two attached hydrogens (primary N) is 2. The van der Waals surface area contributed by atoms with E-state index in [1.807, 2.05) is 14.1 Å². The average molecular weight is 152 g/mol. The van der Waals surface area contributed by atoms with Gasteiger partial charge in [0.1, 0.15) is 0 Å². The summed E-state index contributed by atoms with van der Waals surface area (Å²) >= 11 is 0. The first kappa shape index (κ1) is 9.07. The van der Waals surface area contributed by atoms with Gasteiger partial charge in [0.05, 0.1) is 6.67 Å². The molecule has 0 saturated heterocycles. The maximum absolute atomic E-state index is 10.5. The molecule has 0 aromatic carbocycles. The van der Waals surface area contributed by atoms with Crippen molar-refractivity contribution in [3.63, 3.8) is 0 Å². The highest BCUT2D eigenvalue weighted by molar-refractivity contribution is 7.56. The predicted molar refractivity (Wildman–Crippen MR) is 37.7 cm³/mol. The third-order valence-corrected chi connectivity index (χ3v) is 1.27. The van der Waals surface area contributed by atoms with Crippen molar-refractivity contribution in [1.29, 1.82) is 0 Å². The molecule has 9 heavy (non-hydrogen) atoms. The molecule has 0 aliphatic rings. The maximum atomic E-state index is 10.5. The normalized spacial score (nSPS) is 12.6. The minimum Gasteiger partial charge on any atom is -0.296 e. The molecule has 56 valence electrons. The molecule has 0 aromatic heterocycles. The van der Waals surface area contributed by atoms with Gasteiger partial charge in [-0.1, -0.05) is 0 Å². The third kappa shape index (κ3) is 8.07. The van der Waals surface area contributed by atoms with Crippen molar-refractivity contribution in [1.82, 2.24) is 9.99 Å². The van der Waals surface area contributed by atoms with Crippen LogP contribution in [-0.4, -0.2) is 25.7 Å². The van der Waals surface area contributed by atoms with Gasteiger partial charge in [-0.2, -0.15) is 0 Å². The van der Waals surface area contributed by atoms with Crippen molar-refractivity contribution in [3.8, 4) is 0 Å². The van der Waals surface area contributed by atoms with Crippen LogP contribution in [0.1, 0.15) is 0 Å². The summed E-state index contributed by atoms with van der Waals surface area (Å²) in [5, 5.41) is 2.46. The Morgan fingerprint density at radius 3 is 2.11 bits per heavy atom. The number of nitrogens with zero attached hydrogens (tertiary/aromatic N) is 1. The molecule has 0 spiro atoms. The van der Waals surface area contributed by atoms with Gasteiger partial charge in [-0.3, -0.25) is 20.5 Å². The van der Waals surface area contributed by atoms with E-state index in [0.29, 0.717) is 6.67 Å². The summed E-state index contributed by atoms with van der Waals surface area (Å²) < 4.78 is 10.5. The fourth-order valence-electron chi connectivity index (χ4n) is 0.252. The van der Waals surface area contributed by atoms with E-state index >= 15 is 0 Å². The van der Waals surface area contributed by atoms with E-state index in [1.165, 1.54) is 0 Å². The molecule has 0 aliphatic carbocycles. The van der Waals surface area contributed by atoms with Crippen molar-refractivity contribution in [2.45, 2.75) is 0 Å². The lowest BCUT2D eigenvalue weighted by Gasteiger charge is -2.12. The van der Waals surface area contributed by atoms with Crippen LogP contribution in [0.3, 0.4) is 0 Å². The second kappa shape index (κ2) is 3.29. The molecule has 5 nitrogen and oxygen atoms in total. The summed E-state index contributed by atoms with van der Waals surface area (Å²) in [4.78, 5) is 1.78. The summed E-state index contributed by atoms with van der Waals surface area (Å²) in [5.74, 6) is 0. The summed E-state index contributed by atoms with van der Waals surface area (Å²) in [7, 11) is 0.633. The second-order valence-electron chi connectivity index (χ2n) is 2.11. The summed E-state index contributed by atoms with van der Waals surface area (Å²) in [6.45, 7) is 0.435. The highest BCUT2D eigenvalue weighted by atomic mass is 31.2. The highest BCUT2D eigenvalue weighted by Crippen LogP contribution is 2.15. The molecule has 0 atom stereocenters. The first-order chi connectivity index (χ1) is 3.92. The van der Waals surface area contributed by atoms with Gasteiger partial charge in [0.2, 0.25) is 0 Å². The molecule has 0 bridgehead atoms. The lowest BCUT2D eigenvalue weighted by atomic mass is 10.9. The first-order valence-corrected chi connectivity index (χ1v) is 4.33. The summed E-state index contributed by atoms with van der Waals surface area (Å²) in [6, 6.07) is 0. The highest BCUT2D eigenvalue weighted by Gasteiger charge is 2.04. The molecule has 0 heterocycles. The molecular formula is C3H13N4OP. The Kier molecular flexibility index (Phi) is 3.32. The molecule has 0 radical (unpaired) electrons. The number of rotatable bonds is 3. The van der Waals surface area contributed by atoms with Gasteiger partial charge in [-0.05, 0) is 14.1 Å². The molecule has 5 N–H and O–H groups in total. The molecule has 6 heteroatoms. The Hall–Kier alpha value is 0.0700. The molecule has 0 unspecified atom stereocenters. The summed E-state index contributed by atoms with van der Waals surface area (Å²) in [5.41, 5.74) is 9.96. The van der Waals surface area contributed by atoms with Crippen LogP contribution in [0.4, 0.5) is 0 Å². The van der Waals surface area contributed by atoms with E-state index in [2.05, 4.69) is 5.09 Å². The van der Waals surface area contributed by atoms with Gasteiger partial charge >= 0.3 is 0 Å². The number of hydrogen-bond donors (Lipinski definition) is 3. The topological polar surface area (TPSA) is 84.4 Å². The van der Waals surface area contributed by atoms with E-state index in [9.17, 15) is 4.57 Å². The molecular weight excluding hydrogens is 139 g/mol. The minimum atomic E-state index is -3.01. The zero-order chi connectivity index (χ0) is 7.49. The Labute approximate surface area is 54.9 Å². The van der Waals surface area contributed by atoms with Gasteiger partial charge in [0, 0.05) is 0 Å². The predicted octanol–water partition coefficient (Wildman–Crippen LogP) is -0.879.